The number of hydrogen-bond acceptors (Lipinski definition) is 2. The van der Waals surface area contributed by atoms with Gasteiger partial charge in [-0.3, -0.25) is 5.73 Å². The third-order valence-electron chi connectivity index (χ3n) is 3.79. The molecule has 2 heterocycles. The molecule has 1 aliphatic rings. The first kappa shape index (κ1) is 15.9. The van der Waals surface area contributed by atoms with Gasteiger partial charge < -0.3 is 17.3 Å². The van der Waals surface area contributed by atoms with Crippen LogP contribution in [-0.2, 0) is 6.54 Å². The van der Waals surface area contributed by atoms with Crippen LogP contribution in [0.5, 0.6) is 0 Å². The highest BCUT2D eigenvalue weighted by Gasteiger charge is 2.15. The van der Waals surface area contributed by atoms with Gasteiger partial charge in [-0.1, -0.05) is 23.7 Å². The zero-order valence-electron chi connectivity index (χ0n) is 11.8. The van der Waals surface area contributed by atoms with Crippen LogP contribution >= 0.6 is 11.6 Å². The van der Waals surface area contributed by atoms with E-state index >= 15 is 0 Å². The quantitative estimate of drug-likeness (QED) is 0.798. The van der Waals surface area contributed by atoms with Crippen molar-refractivity contribution >= 4 is 23.1 Å². The monoisotopic (exact) mass is 323 g/mol. The number of halogens is 2. The maximum Gasteiger partial charge on any atom is 0.274 e. The van der Waals surface area contributed by atoms with Gasteiger partial charge in [-0.2, -0.15) is 0 Å². The summed E-state index contributed by atoms with van der Waals surface area (Å²) in [5.41, 5.74) is 8.60. The molecule has 1 saturated heterocycles. The van der Waals surface area contributed by atoms with E-state index in [1.54, 1.807) is 0 Å². The van der Waals surface area contributed by atoms with Crippen molar-refractivity contribution in [2.24, 2.45) is 0 Å². The summed E-state index contributed by atoms with van der Waals surface area (Å²) >= 11 is 5.90. The van der Waals surface area contributed by atoms with Gasteiger partial charge in [0.2, 0.25) is 0 Å². The summed E-state index contributed by atoms with van der Waals surface area (Å²) < 4.78 is 2.06. The SMILES string of the molecule is Nc1cc(N2CCCC2)cc[n+]1Cc1ccc(Cl)cc1.[Cl-]. The number of anilines is 2. The van der Waals surface area contributed by atoms with Crippen LogP contribution in [0, 0.1) is 0 Å². The lowest BCUT2D eigenvalue weighted by molar-refractivity contribution is -0.673. The summed E-state index contributed by atoms with van der Waals surface area (Å²) in [6, 6.07) is 12.1. The van der Waals surface area contributed by atoms with E-state index in [0.717, 1.165) is 30.5 Å². The van der Waals surface area contributed by atoms with Crippen LogP contribution in [0.3, 0.4) is 0 Å². The Morgan fingerprint density at radius 1 is 1.10 bits per heavy atom. The second kappa shape index (κ2) is 7.01. The van der Waals surface area contributed by atoms with Crippen molar-refractivity contribution in [3.05, 3.63) is 53.2 Å². The molecule has 0 spiro atoms. The number of pyridine rings is 1. The summed E-state index contributed by atoms with van der Waals surface area (Å²) in [5, 5.41) is 0.760. The highest BCUT2D eigenvalue weighted by Crippen LogP contribution is 2.20. The normalized spacial score (nSPS) is 14.0. The van der Waals surface area contributed by atoms with Crippen molar-refractivity contribution in [3.8, 4) is 0 Å². The maximum atomic E-state index is 6.18. The molecule has 0 amide bonds. The van der Waals surface area contributed by atoms with Crippen LogP contribution < -0.4 is 27.6 Å². The minimum atomic E-state index is 0. The van der Waals surface area contributed by atoms with Gasteiger partial charge in [0.05, 0.1) is 12.3 Å². The number of nitrogen functional groups attached to an aromatic ring is 1. The molecule has 1 aromatic heterocycles. The molecule has 2 N–H and O–H groups in total. The van der Waals surface area contributed by atoms with Gasteiger partial charge in [0.1, 0.15) is 6.54 Å². The number of benzene rings is 1. The summed E-state index contributed by atoms with van der Waals surface area (Å²) in [6.45, 7) is 3.05. The van der Waals surface area contributed by atoms with Crippen LogP contribution in [0.1, 0.15) is 18.4 Å². The topological polar surface area (TPSA) is 33.1 Å². The Kier molecular flexibility index (Phi) is 5.32. The highest BCUT2D eigenvalue weighted by molar-refractivity contribution is 6.30. The zero-order valence-corrected chi connectivity index (χ0v) is 13.3. The summed E-state index contributed by atoms with van der Waals surface area (Å²) in [5.74, 6) is 0.796. The van der Waals surface area contributed by atoms with Crippen LogP contribution in [0.25, 0.3) is 0 Å². The summed E-state index contributed by atoms with van der Waals surface area (Å²) in [6.07, 6.45) is 4.62. The van der Waals surface area contributed by atoms with Gasteiger partial charge in [0.25, 0.3) is 5.82 Å². The van der Waals surface area contributed by atoms with E-state index in [1.807, 2.05) is 24.3 Å². The third-order valence-corrected chi connectivity index (χ3v) is 4.04. The average Bonchev–Trinajstić information content (AvgIpc) is 2.97. The van der Waals surface area contributed by atoms with Crippen LogP contribution in [-0.4, -0.2) is 13.1 Å². The Morgan fingerprint density at radius 2 is 1.76 bits per heavy atom. The van der Waals surface area contributed by atoms with Crippen molar-refractivity contribution in [3.63, 3.8) is 0 Å². The number of rotatable bonds is 3. The first-order chi connectivity index (χ1) is 9.72. The molecule has 3 nitrogen and oxygen atoms in total. The molecule has 5 heteroatoms. The van der Waals surface area contributed by atoms with Crippen LogP contribution in [0.15, 0.2) is 42.6 Å². The largest absolute Gasteiger partial charge is 1.00 e. The van der Waals surface area contributed by atoms with Gasteiger partial charge in [0.15, 0.2) is 0 Å². The Morgan fingerprint density at radius 3 is 2.38 bits per heavy atom. The fourth-order valence-electron chi connectivity index (χ4n) is 2.64. The minimum Gasteiger partial charge on any atom is -1.00 e. The highest BCUT2D eigenvalue weighted by atomic mass is 35.5. The number of nitrogens with two attached hydrogens (primary N) is 1. The molecule has 0 aliphatic carbocycles. The van der Waals surface area contributed by atoms with Crippen molar-refractivity contribution < 1.29 is 17.0 Å². The van der Waals surface area contributed by atoms with E-state index in [-0.39, 0.29) is 12.4 Å². The predicted octanol–water partition coefficient (Wildman–Crippen LogP) is -0.138. The molecular formula is C16H19Cl2N3. The second-order valence-corrected chi connectivity index (χ2v) is 5.69. The van der Waals surface area contributed by atoms with Gasteiger partial charge in [-0.15, -0.1) is 0 Å². The Balaban J connectivity index is 0.00000161. The fraction of sp³-hybridized carbons (Fsp3) is 0.312. The van der Waals surface area contributed by atoms with E-state index in [4.69, 9.17) is 17.3 Å². The molecule has 0 saturated carbocycles. The third kappa shape index (κ3) is 3.80. The Labute approximate surface area is 136 Å². The van der Waals surface area contributed by atoms with E-state index in [1.165, 1.54) is 24.1 Å². The lowest BCUT2D eigenvalue weighted by atomic mass is 10.2. The zero-order chi connectivity index (χ0) is 13.9. The molecule has 2 aromatic rings. The lowest BCUT2D eigenvalue weighted by Crippen LogP contribution is -3.00. The molecule has 0 unspecified atom stereocenters. The first-order valence-corrected chi connectivity index (χ1v) is 7.38. The van der Waals surface area contributed by atoms with Gasteiger partial charge in [0, 0.05) is 29.9 Å². The van der Waals surface area contributed by atoms with Crippen molar-refractivity contribution in [2.45, 2.75) is 19.4 Å². The molecule has 0 bridgehead atoms. The van der Waals surface area contributed by atoms with E-state index in [0.29, 0.717) is 0 Å². The molecule has 112 valence electrons. The number of aromatic nitrogens is 1. The average molecular weight is 324 g/mol. The minimum absolute atomic E-state index is 0. The maximum absolute atomic E-state index is 6.18. The smallest absolute Gasteiger partial charge is 0.274 e. The van der Waals surface area contributed by atoms with Crippen LogP contribution in [0.4, 0.5) is 11.5 Å². The van der Waals surface area contributed by atoms with Crippen molar-refractivity contribution in [1.82, 2.24) is 0 Å². The Bertz CT molecular complexity index is 593. The number of hydrogen-bond donors (Lipinski definition) is 1. The molecule has 1 aliphatic heterocycles. The lowest BCUT2D eigenvalue weighted by Gasteiger charge is -2.17. The van der Waals surface area contributed by atoms with Crippen LogP contribution in [0.2, 0.25) is 5.02 Å². The van der Waals surface area contributed by atoms with Gasteiger partial charge in [-0.05, 0) is 30.5 Å². The predicted molar refractivity (Wildman–Crippen MR) is 83.1 cm³/mol. The summed E-state index contributed by atoms with van der Waals surface area (Å²) in [4.78, 5) is 2.39. The molecule has 3 rings (SSSR count). The van der Waals surface area contributed by atoms with Crippen molar-refractivity contribution in [1.29, 1.82) is 0 Å². The standard InChI is InChI=1S/C16H18ClN3.ClH/c17-14-5-3-13(4-6-14)12-20-10-7-15(11-16(20)18)19-8-1-2-9-19;/h3-7,10-11,18H,1-2,8-9,12H2;1H. The van der Waals surface area contributed by atoms with E-state index in [9.17, 15) is 0 Å². The van der Waals surface area contributed by atoms with Gasteiger partial charge in [-0.25, -0.2) is 4.57 Å². The molecule has 1 aromatic carbocycles. The molecule has 0 atom stereocenters. The molecule has 0 radical (unpaired) electrons. The Hall–Kier alpha value is -1.45. The summed E-state index contributed by atoms with van der Waals surface area (Å²) in [7, 11) is 0. The molecule has 21 heavy (non-hydrogen) atoms. The molecule has 1 fully saturated rings. The fourth-order valence-corrected chi connectivity index (χ4v) is 2.76. The van der Waals surface area contributed by atoms with E-state index in [2.05, 4.69) is 27.8 Å². The second-order valence-electron chi connectivity index (χ2n) is 5.26. The number of nitrogens with zero attached hydrogens (tertiary/aromatic N) is 2. The molecular weight excluding hydrogens is 305 g/mol. The van der Waals surface area contributed by atoms with Crippen molar-refractivity contribution in [2.75, 3.05) is 23.7 Å². The van der Waals surface area contributed by atoms with Gasteiger partial charge >= 0.3 is 0 Å². The van der Waals surface area contributed by atoms with E-state index < -0.39 is 0 Å². The first-order valence-electron chi connectivity index (χ1n) is 7.01.